The number of halogens is 1. The first-order valence-electron chi connectivity index (χ1n) is 6.57. The number of hydrogen-bond donors (Lipinski definition) is 2. The molecular weight excluding hydrogens is 322 g/mol. The highest BCUT2D eigenvalue weighted by molar-refractivity contribution is 7.83. The summed E-state index contributed by atoms with van der Waals surface area (Å²) in [6.07, 6.45) is 1.64. The van der Waals surface area contributed by atoms with Crippen molar-refractivity contribution in [1.29, 1.82) is 0 Å². The Kier molecular flexibility index (Phi) is 5.21. The van der Waals surface area contributed by atoms with Gasteiger partial charge in [0.2, 0.25) is 0 Å². The normalized spacial score (nSPS) is 12.0. The lowest BCUT2D eigenvalue weighted by atomic mass is 10.1. The molecule has 0 aliphatic heterocycles. The van der Waals surface area contributed by atoms with Gasteiger partial charge in [-0.1, -0.05) is 23.7 Å². The second-order valence-corrected chi connectivity index (χ2v) is 6.79. The first-order valence-corrected chi connectivity index (χ1v) is 8.67. The van der Waals surface area contributed by atoms with E-state index in [1.165, 1.54) is 12.1 Å². The van der Waals surface area contributed by atoms with Gasteiger partial charge in [-0.2, -0.15) is 0 Å². The summed E-state index contributed by atoms with van der Waals surface area (Å²) in [5.74, 6) is -0.164. The number of carbonyl (C=O) groups is 1. The summed E-state index contributed by atoms with van der Waals surface area (Å²) in [6.45, 7) is 1.86. The van der Waals surface area contributed by atoms with Crippen molar-refractivity contribution in [1.82, 2.24) is 0 Å². The van der Waals surface area contributed by atoms with Gasteiger partial charge in [0, 0.05) is 33.5 Å². The van der Waals surface area contributed by atoms with Gasteiger partial charge in [-0.15, -0.1) is 0 Å². The van der Waals surface area contributed by atoms with Gasteiger partial charge in [-0.25, -0.2) is 0 Å². The maximum absolute atomic E-state index is 12.3. The van der Waals surface area contributed by atoms with E-state index in [0.29, 0.717) is 16.5 Å². The van der Waals surface area contributed by atoms with Crippen LogP contribution in [0.15, 0.2) is 36.4 Å². The Hall–Kier alpha value is -1.85. The molecule has 0 unspecified atom stereocenters. The lowest BCUT2D eigenvalue weighted by Gasteiger charge is -2.12. The van der Waals surface area contributed by atoms with Crippen molar-refractivity contribution in [3.63, 3.8) is 0 Å². The minimum atomic E-state index is -0.957. The molecule has 116 valence electrons. The minimum Gasteiger partial charge on any atom is -0.507 e. The summed E-state index contributed by atoms with van der Waals surface area (Å²) in [5, 5.41) is 12.9. The topological polar surface area (TPSA) is 66.4 Å². The number of phenols is 1. The van der Waals surface area contributed by atoms with Gasteiger partial charge in [-0.3, -0.25) is 9.00 Å². The van der Waals surface area contributed by atoms with Gasteiger partial charge in [0.05, 0.1) is 5.56 Å². The highest BCUT2D eigenvalue weighted by Gasteiger charge is 2.14. The van der Waals surface area contributed by atoms with Gasteiger partial charge in [0.1, 0.15) is 5.75 Å². The number of amides is 1. The molecule has 1 amide bonds. The summed E-state index contributed by atoms with van der Waals surface area (Å²) < 4.78 is 11.4. The number of phenolic OH excluding ortho intramolecular Hbond substituents is 1. The maximum atomic E-state index is 12.3. The van der Waals surface area contributed by atoms with Gasteiger partial charge in [0.15, 0.2) is 0 Å². The molecule has 0 aliphatic carbocycles. The highest BCUT2D eigenvalue weighted by Crippen LogP contribution is 2.25. The Morgan fingerprint density at radius 1 is 1.32 bits per heavy atom. The third-order valence-electron chi connectivity index (χ3n) is 3.26. The van der Waals surface area contributed by atoms with E-state index < -0.39 is 16.7 Å². The number of benzene rings is 2. The molecule has 2 aromatic rings. The zero-order valence-corrected chi connectivity index (χ0v) is 13.8. The Balaban J connectivity index is 2.27. The van der Waals surface area contributed by atoms with Crippen LogP contribution in [0.5, 0.6) is 5.75 Å². The molecule has 2 aromatic carbocycles. The summed E-state index contributed by atoms with van der Waals surface area (Å²) in [6, 6.07) is 9.77. The van der Waals surface area contributed by atoms with E-state index in [-0.39, 0.29) is 11.3 Å². The Bertz CT molecular complexity index is 746. The number of carbonyl (C=O) groups excluding carboxylic acids is 1. The predicted octanol–water partition coefficient (Wildman–Crippen LogP) is 3.48. The van der Waals surface area contributed by atoms with Crippen LogP contribution < -0.4 is 5.32 Å². The largest absolute Gasteiger partial charge is 0.507 e. The number of hydrogen-bond acceptors (Lipinski definition) is 3. The van der Waals surface area contributed by atoms with Crippen LogP contribution >= 0.6 is 11.6 Å². The summed E-state index contributed by atoms with van der Waals surface area (Å²) in [4.78, 5) is 12.3. The molecule has 0 bridgehead atoms. The van der Waals surface area contributed by atoms with Crippen LogP contribution in [0.2, 0.25) is 5.02 Å². The zero-order chi connectivity index (χ0) is 16.3. The van der Waals surface area contributed by atoms with Crippen LogP contribution in [0.4, 0.5) is 5.69 Å². The van der Waals surface area contributed by atoms with Gasteiger partial charge >= 0.3 is 0 Å². The van der Waals surface area contributed by atoms with Crippen molar-refractivity contribution >= 4 is 34.0 Å². The minimum absolute atomic E-state index is 0.147. The average Bonchev–Trinajstić information content (AvgIpc) is 2.42. The quantitative estimate of drug-likeness (QED) is 0.897. The molecule has 22 heavy (non-hydrogen) atoms. The second-order valence-electron chi connectivity index (χ2n) is 4.92. The van der Waals surface area contributed by atoms with Crippen molar-refractivity contribution in [2.45, 2.75) is 12.7 Å². The Morgan fingerprint density at radius 3 is 2.68 bits per heavy atom. The number of anilines is 1. The highest BCUT2D eigenvalue weighted by atomic mass is 35.5. The van der Waals surface area contributed by atoms with E-state index in [2.05, 4.69) is 5.32 Å². The molecule has 0 aliphatic rings. The smallest absolute Gasteiger partial charge is 0.259 e. The first-order chi connectivity index (χ1) is 10.4. The Labute approximate surface area is 136 Å². The third-order valence-corrected chi connectivity index (χ3v) is 4.21. The summed E-state index contributed by atoms with van der Waals surface area (Å²) >= 11 is 5.76. The monoisotopic (exact) mass is 337 g/mol. The maximum Gasteiger partial charge on any atom is 0.259 e. The van der Waals surface area contributed by atoms with Crippen LogP contribution in [0.25, 0.3) is 0 Å². The standard InChI is InChI=1S/C16H16ClNO3S/c1-10-11(9-22(2)21)4-3-5-14(10)18-16(20)13-7-6-12(17)8-15(13)19/h3-8,19H,9H2,1-2H3,(H,18,20)/t22-/m0/s1. The van der Waals surface area contributed by atoms with Crippen LogP contribution in [0, 0.1) is 6.92 Å². The SMILES string of the molecule is Cc1c(C[S@](C)=O)cccc1NC(=O)c1ccc(Cl)cc1O. The summed E-state index contributed by atoms with van der Waals surface area (Å²) in [5.41, 5.74) is 2.55. The predicted molar refractivity (Wildman–Crippen MR) is 90.0 cm³/mol. The molecule has 2 N–H and O–H groups in total. The van der Waals surface area contributed by atoms with Crippen LogP contribution in [0.1, 0.15) is 21.5 Å². The van der Waals surface area contributed by atoms with Gasteiger partial charge in [0.25, 0.3) is 5.91 Å². The van der Waals surface area contributed by atoms with E-state index in [1.54, 1.807) is 24.5 Å². The molecule has 1 atom stereocenters. The molecule has 4 nitrogen and oxygen atoms in total. The molecule has 0 radical (unpaired) electrons. The van der Waals surface area contributed by atoms with E-state index in [1.807, 2.05) is 13.0 Å². The number of aromatic hydroxyl groups is 1. The molecule has 0 heterocycles. The average molecular weight is 338 g/mol. The molecule has 0 saturated heterocycles. The van der Waals surface area contributed by atoms with Crippen molar-refractivity contribution in [2.75, 3.05) is 11.6 Å². The molecule has 0 aromatic heterocycles. The van der Waals surface area contributed by atoms with Crippen LogP contribution in [-0.2, 0) is 16.6 Å². The zero-order valence-electron chi connectivity index (χ0n) is 12.2. The molecule has 0 saturated carbocycles. The van der Waals surface area contributed by atoms with Crippen molar-refractivity contribution in [2.24, 2.45) is 0 Å². The fourth-order valence-corrected chi connectivity index (χ4v) is 3.00. The van der Waals surface area contributed by atoms with Crippen molar-refractivity contribution in [3.05, 3.63) is 58.1 Å². The summed E-state index contributed by atoms with van der Waals surface area (Å²) in [7, 11) is -0.957. The number of rotatable bonds is 4. The molecule has 2 rings (SSSR count). The molecule has 0 spiro atoms. The number of nitrogens with one attached hydrogen (secondary N) is 1. The molecule has 0 fully saturated rings. The van der Waals surface area contributed by atoms with E-state index in [0.717, 1.165) is 11.1 Å². The third kappa shape index (κ3) is 3.87. The lowest BCUT2D eigenvalue weighted by molar-refractivity contribution is 0.102. The van der Waals surface area contributed by atoms with Crippen LogP contribution in [-0.4, -0.2) is 21.5 Å². The van der Waals surface area contributed by atoms with Gasteiger partial charge in [-0.05, 0) is 42.3 Å². The fourth-order valence-electron chi connectivity index (χ4n) is 2.08. The van der Waals surface area contributed by atoms with E-state index in [4.69, 9.17) is 11.6 Å². The fraction of sp³-hybridized carbons (Fsp3) is 0.188. The molecular formula is C16H16ClNO3S. The Morgan fingerprint density at radius 2 is 2.05 bits per heavy atom. The van der Waals surface area contributed by atoms with Crippen LogP contribution in [0.3, 0.4) is 0 Å². The van der Waals surface area contributed by atoms with Crippen molar-refractivity contribution < 1.29 is 14.1 Å². The van der Waals surface area contributed by atoms with Crippen molar-refractivity contribution in [3.8, 4) is 5.75 Å². The van der Waals surface area contributed by atoms with Gasteiger partial charge < -0.3 is 10.4 Å². The second kappa shape index (κ2) is 6.94. The lowest BCUT2D eigenvalue weighted by Crippen LogP contribution is -2.13. The van der Waals surface area contributed by atoms with E-state index in [9.17, 15) is 14.1 Å². The van der Waals surface area contributed by atoms with E-state index >= 15 is 0 Å². The first kappa shape index (κ1) is 16.5. The molecule has 6 heteroatoms.